The van der Waals surface area contributed by atoms with Gasteiger partial charge in [0.1, 0.15) is 5.82 Å². The van der Waals surface area contributed by atoms with Crippen LogP contribution in [0, 0.1) is 5.82 Å². The third kappa shape index (κ3) is 2.99. The molecule has 0 fully saturated rings. The standard InChI is InChI=1S/C10H8BrF4NO2/c11-6-1-5(2-7(12)3-6)4-9(16,8(17)18)10(13,14)15/h1-3H,4,16H2,(H,17,18). The van der Waals surface area contributed by atoms with Crippen molar-refractivity contribution in [2.75, 3.05) is 0 Å². The summed E-state index contributed by atoms with van der Waals surface area (Å²) < 4.78 is 51.1. The van der Waals surface area contributed by atoms with Gasteiger partial charge in [-0.05, 0) is 23.8 Å². The summed E-state index contributed by atoms with van der Waals surface area (Å²) in [5, 5.41) is 8.62. The van der Waals surface area contributed by atoms with Crippen LogP contribution in [-0.2, 0) is 11.2 Å². The van der Waals surface area contributed by atoms with Crippen molar-refractivity contribution < 1.29 is 27.5 Å². The van der Waals surface area contributed by atoms with Crippen LogP contribution < -0.4 is 5.73 Å². The summed E-state index contributed by atoms with van der Waals surface area (Å²) >= 11 is 2.90. The summed E-state index contributed by atoms with van der Waals surface area (Å²) in [6, 6.07) is 3.02. The molecule has 0 spiro atoms. The van der Waals surface area contributed by atoms with E-state index in [1.807, 2.05) is 0 Å². The number of nitrogens with two attached hydrogens (primary N) is 1. The smallest absolute Gasteiger partial charge is 0.417 e. The zero-order valence-corrected chi connectivity index (χ0v) is 10.3. The molecule has 0 aliphatic carbocycles. The van der Waals surface area contributed by atoms with Gasteiger partial charge in [0.25, 0.3) is 0 Å². The summed E-state index contributed by atoms with van der Waals surface area (Å²) in [7, 11) is 0. The zero-order chi connectivity index (χ0) is 14.1. The van der Waals surface area contributed by atoms with Crippen LogP contribution in [0.4, 0.5) is 17.6 Å². The Morgan fingerprint density at radius 3 is 2.28 bits per heavy atom. The third-order valence-corrected chi connectivity index (χ3v) is 2.75. The fourth-order valence-electron chi connectivity index (χ4n) is 1.33. The van der Waals surface area contributed by atoms with Crippen molar-refractivity contribution in [1.82, 2.24) is 0 Å². The predicted molar refractivity (Wildman–Crippen MR) is 58.4 cm³/mol. The number of aliphatic carboxylic acids is 1. The van der Waals surface area contributed by atoms with E-state index in [9.17, 15) is 22.4 Å². The van der Waals surface area contributed by atoms with Crippen molar-refractivity contribution in [3.63, 3.8) is 0 Å². The number of carbonyl (C=O) groups is 1. The summed E-state index contributed by atoms with van der Waals surface area (Å²) in [6.07, 6.45) is -6.19. The molecule has 3 N–H and O–H groups in total. The molecule has 1 aromatic rings. The first-order valence-electron chi connectivity index (χ1n) is 4.60. The van der Waals surface area contributed by atoms with Gasteiger partial charge in [-0.15, -0.1) is 0 Å². The molecule has 0 heterocycles. The Bertz CT molecular complexity index is 457. The fraction of sp³-hybridized carbons (Fsp3) is 0.300. The van der Waals surface area contributed by atoms with Crippen LogP contribution in [0.1, 0.15) is 5.56 Å². The van der Waals surface area contributed by atoms with Crippen LogP contribution in [0.25, 0.3) is 0 Å². The Balaban J connectivity index is 3.16. The molecule has 0 aromatic heterocycles. The molecule has 0 bridgehead atoms. The van der Waals surface area contributed by atoms with Gasteiger partial charge < -0.3 is 10.8 Å². The molecule has 1 atom stereocenters. The molecule has 0 amide bonds. The number of benzene rings is 1. The monoisotopic (exact) mass is 329 g/mol. The average Bonchev–Trinajstić information content (AvgIpc) is 2.13. The Kier molecular flexibility index (Phi) is 4.02. The van der Waals surface area contributed by atoms with E-state index in [4.69, 9.17) is 10.8 Å². The van der Waals surface area contributed by atoms with Gasteiger partial charge in [-0.1, -0.05) is 15.9 Å². The van der Waals surface area contributed by atoms with Gasteiger partial charge in [0, 0.05) is 10.9 Å². The molecule has 1 unspecified atom stereocenters. The minimum Gasteiger partial charge on any atom is -0.480 e. The lowest BCUT2D eigenvalue weighted by molar-refractivity contribution is -0.201. The van der Waals surface area contributed by atoms with Crippen LogP contribution in [0.2, 0.25) is 0 Å². The number of hydrogen-bond donors (Lipinski definition) is 2. The van der Waals surface area contributed by atoms with Gasteiger partial charge in [-0.3, -0.25) is 0 Å². The quantitative estimate of drug-likeness (QED) is 0.837. The first-order valence-corrected chi connectivity index (χ1v) is 5.39. The van der Waals surface area contributed by atoms with E-state index in [1.54, 1.807) is 0 Å². The molecule has 100 valence electrons. The first-order chi connectivity index (χ1) is 8.06. The maximum absolute atomic E-state index is 13.0. The highest BCUT2D eigenvalue weighted by atomic mass is 79.9. The third-order valence-electron chi connectivity index (χ3n) is 2.29. The van der Waals surface area contributed by atoms with E-state index < -0.39 is 29.9 Å². The Morgan fingerprint density at radius 1 is 1.33 bits per heavy atom. The second-order valence-corrected chi connectivity index (χ2v) is 4.64. The molecule has 8 heteroatoms. The molecule has 1 rings (SSSR count). The topological polar surface area (TPSA) is 63.3 Å². The van der Waals surface area contributed by atoms with Crippen LogP contribution in [0.15, 0.2) is 22.7 Å². The van der Waals surface area contributed by atoms with Gasteiger partial charge in [-0.25, -0.2) is 9.18 Å². The Labute approximate surface area is 108 Å². The van der Waals surface area contributed by atoms with Crippen molar-refractivity contribution in [1.29, 1.82) is 0 Å². The van der Waals surface area contributed by atoms with Gasteiger partial charge >= 0.3 is 12.1 Å². The van der Waals surface area contributed by atoms with Crippen LogP contribution in [0.3, 0.4) is 0 Å². The fourth-order valence-corrected chi connectivity index (χ4v) is 1.84. The summed E-state index contributed by atoms with van der Waals surface area (Å²) in [4.78, 5) is 10.7. The van der Waals surface area contributed by atoms with Crippen molar-refractivity contribution >= 4 is 21.9 Å². The van der Waals surface area contributed by atoms with Crippen LogP contribution in [-0.4, -0.2) is 22.8 Å². The molecule has 0 saturated heterocycles. The minimum atomic E-state index is -5.14. The molecule has 0 radical (unpaired) electrons. The van der Waals surface area contributed by atoms with Crippen molar-refractivity contribution in [2.45, 2.75) is 18.1 Å². The number of carboxylic acids is 1. The highest BCUT2D eigenvalue weighted by Crippen LogP contribution is 2.32. The van der Waals surface area contributed by atoms with Crippen LogP contribution >= 0.6 is 15.9 Å². The van der Waals surface area contributed by atoms with Gasteiger partial charge in [0.05, 0.1) is 0 Å². The lowest BCUT2D eigenvalue weighted by Gasteiger charge is -2.27. The van der Waals surface area contributed by atoms with Gasteiger partial charge in [0.2, 0.25) is 5.54 Å². The predicted octanol–water partition coefficient (Wildman–Crippen LogP) is 2.48. The minimum absolute atomic E-state index is 0.163. The van der Waals surface area contributed by atoms with E-state index in [-0.39, 0.29) is 10.0 Å². The highest BCUT2D eigenvalue weighted by Gasteiger charge is 2.58. The van der Waals surface area contributed by atoms with Gasteiger partial charge in [0.15, 0.2) is 0 Å². The average molecular weight is 330 g/mol. The van der Waals surface area contributed by atoms with Crippen molar-refractivity contribution in [3.05, 3.63) is 34.1 Å². The summed E-state index contributed by atoms with van der Waals surface area (Å²) in [5.74, 6) is -3.00. The molecule has 18 heavy (non-hydrogen) atoms. The number of alkyl halides is 3. The SMILES string of the molecule is NC(Cc1cc(F)cc(Br)c1)(C(=O)O)C(F)(F)F. The number of halogens is 5. The number of hydrogen-bond acceptors (Lipinski definition) is 2. The Hall–Kier alpha value is -1.15. The molecule has 3 nitrogen and oxygen atoms in total. The first kappa shape index (κ1) is 14.9. The van der Waals surface area contributed by atoms with E-state index in [0.717, 1.165) is 12.1 Å². The van der Waals surface area contributed by atoms with Gasteiger partial charge in [-0.2, -0.15) is 13.2 Å². The van der Waals surface area contributed by atoms with Crippen molar-refractivity contribution in [2.24, 2.45) is 5.73 Å². The maximum atomic E-state index is 13.0. The molecule has 1 aromatic carbocycles. The number of rotatable bonds is 3. The molecule has 0 saturated carbocycles. The molecular formula is C10H8BrF4NO2. The van der Waals surface area contributed by atoms with E-state index in [2.05, 4.69) is 15.9 Å². The van der Waals surface area contributed by atoms with Crippen molar-refractivity contribution in [3.8, 4) is 0 Å². The number of carboxylic acid groups (broad SMARTS) is 1. The second-order valence-electron chi connectivity index (χ2n) is 3.73. The van der Waals surface area contributed by atoms with E-state index in [0.29, 0.717) is 0 Å². The maximum Gasteiger partial charge on any atom is 0.417 e. The van der Waals surface area contributed by atoms with E-state index >= 15 is 0 Å². The normalized spacial score (nSPS) is 15.2. The van der Waals surface area contributed by atoms with E-state index in [1.165, 1.54) is 6.07 Å². The lowest BCUT2D eigenvalue weighted by Crippen LogP contribution is -2.61. The summed E-state index contributed by atoms with van der Waals surface area (Å²) in [6.45, 7) is 0. The largest absolute Gasteiger partial charge is 0.480 e. The molecule has 0 aliphatic heterocycles. The lowest BCUT2D eigenvalue weighted by atomic mass is 9.91. The highest BCUT2D eigenvalue weighted by molar-refractivity contribution is 9.10. The summed E-state index contributed by atoms with van der Waals surface area (Å²) in [5.41, 5.74) is 1.28. The zero-order valence-electron chi connectivity index (χ0n) is 8.76. The Morgan fingerprint density at radius 2 is 1.89 bits per heavy atom. The molecule has 0 aliphatic rings. The second kappa shape index (κ2) is 4.85. The van der Waals surface area contributed by atoms with Crippen LogP contribution in [0.5, 0.6) is 0 Å². The molecular weight excluding hydrogens is 322 g/mol.